The summed E-state index contributed by atoms with van der Waals surface area (Å²) in [5.41, 5.74) is 4.40. The average molecular weight is 449 g/mol. The van der Waals surface area contributed by atoms with Crippen molar-refractivity contribution in [3.05, 3.63) is 53.6 Å². The molecule has 1 fully saturated rings. The molecular weight excluding hydrogens is 424 g/mol. The third kappa shape index (κ3) is 6.50. The lowest BCUT2D eigenvalue weighted by molar-refractivity contribution is -0.163. The highest BCUT2D eigenvalue weighted by molar-refractivity contribution is 6.30. The van der Waals surface area contributed by atoms with Gasteiger partial charge in [-0.05, 0) is 36.4 Å². The number of methoxy groups -OCH3 is 1. The summed E-state index contributed by atoms with van der Waals surface area (Å²) in [6, 6.07) is 13.8. The van der Waals surface area contributed by atoms with Crippen molar-refractivity contribution >= 4 is 23.4 Å². The van der Waals surface area contributed by atoms with Crippen molar-refractivity contribution in [1.29, 1.82) is 0 Å². The summed E-state index contributed by atoms with van der Waals surface area (Å²) < 4.78 is 22.5. The van der Waals surface area contributed by atoms with E-state index >= 15 is 0 Å². The molecule has 1 aliphatic heterocycles. The Morgan fingerprint density at radius 3 is 2.58 bits per heavy atom. The van der Waals surface area contributed by atoms with Crippen molar-refractivity contribution in [2.24, 2.45) is 5.73 Å². The smallest absolute Gasteiger partial charge is 0.260 e. The second-order valence-corrected chi connectivity index (χ2v) is 7.64. The van der Waals surface area contributed by atoms with Gasteiger partial charge in [0.05, 0.1) is 26.7 Å². The average Bonchev–Trinajstić information content (AvgIpc) is 2.77. The van der Waals surface area contributed by atoms with E-state index in [0.717, 1.165) is 0 Å². The maximum absolute atomic E-state index is 12.8. The SMILES string of the molecule is COc1cccc(OCC(=O)N2CCO[C@@](COc3ccc(Cl)cc3)(CC(N)=O)C2)c1. The van der Waals surface area contributed by atoms with Gasteiger partial charge in [0, 0.05) is 17.6 Å². The fourth-order valence-corrected chi connectivity index (χ4v) is 3.42. The molecule has 0 radical (unpaired) electrons. The molecule has 0 aromatic heterocycles. The van der Waals surface area contributed by atoms with Crippen LogP contribution in [-0.2, 0) is 14.3 Å². The van der Waals surface area contributed by atoms with Crippen molar-refractivity contribution in [1.82, 2.24) is 4.90 Å². The first kappa shape index (κ1) is 22.7. The monoisotopic (exact) mass is 448 g/mol. The number of rotatable bonds is 9. The van der Waals surface area contributed by atoms with Crippen LogP contribution in [0, 0.1) is 0 Å². The number of benzene rings is 2. The molecule has 8 nitrogen and oxygen atoms in total. The zero-order chi connectivity index (χ0) is 22.3. The lowest BCUT2D eigenvalue weighted by Gasteiger charge is -2.41. The van der Waals surface area contributed by atoms with Gasteiger partial charge in [0.1, 0.15) is 29.5 Å². The van der Waals surface area contributed by atoms with Crippen molar-refractivity contribution in [3.8, 4) is 17.2 Å². The first-order chi connectivity index (χ1) is 14.9. The molecule has 0 spiro atoms. The molecule has 0 bridgehead atoms. The van der Waals surface area contributed by atoms with Crippen LogP contribution in [0.3, 0.4) is 0 Å². The second-order valence-electron chi connectivity index (χ2n) is 7.20. The highest BCUT2D eigenvalue weighted by Crippen LogP contribution is 2.25. The Morgan fingerprint density at radius 2 is 1.87 bits per heavy atom. The molecule has 2 aromatic rings. The van der Waals surface area contributed by atoms with E-state index in [0.29, 0.717) is 28.8 Å². The van der Waals surface area contributed by atoms with Crippen molar-refractivity contribution in [3.63, 3.8) is 0 Å². The van der Waals surface area contributed by atoms with Gasteiger partial charge in [0.2, 0.25) is 5.91 Å². The third-order valence-electron chi connectivity index (χ3n) is 4.82. The molecule has 9 heteroatoms. The number of amides is 2. The van der Waals surface area contributed by atoms with Crippen LogP contribution in [0.1, 0.15) is 6.42 Å². The molecule has 31 heavy (non-hydrogen) atoms. The zero-order valence-corrected chi connectivity index (χ0v) is 18.0. The molecular formula is C22H25ClN2O6. The van der Waals surface area contributed by atoms with Gasteiger partial charge in [0.25, 0.3) is 5.91 Å². The molecule has 2 aromatic carbocycles. The van der Waals surface area contributed by atoms with Gasteiger partial charge >= 0.3 is 0 Å². The highest BCUT2D eigenvalue weighted by atomic mass is 35.5. The van der Waals surface area contributed by atoms with E-state index in [4.69, 9.17) is 36.3 Å². The molecule has 1 atom stereocenters. The molecule has 1 aliphatic rings. The van der Waals surface area contributed by atoms with Crippen LogP contribution in [0.15, 0.2) is 48.5 Å². The number of primary amides is 1. The largest absolute Gasteiger partial charge is 0.497 e. The zero-order valence-electron chi connectivity index (χ0n) is 17.2. The number of hydrogen-bond acceptors (Lipinski definition) is 6. The van der Waals surface area contributed by atoms with Crippen LogP contribution in [-0.4, -0.2) is 62.3 Å². The first-order valence-corrected chi connectivity index (χ1v) is 10.1. The predicted molar refractivity (Wildman–Crippen MR) is 115 cm³/mol. The summed E-state index contributed by atoms with van der Waals surface area (Å²) in [5.74, 6) is 0.960. The van der Waals surface area contributed by atoms with Crippen LogP contribution in [0.2, 0.25) is 5.02 Å². The Hall–Kier alpha value is -2.97. The lowest BCUT2D eigenvalue weighted by Crippen LogP contribution is -2.58. The Morgan fingerprint density at radius 1 is 1.13 bits per heavy atom. The molecule has 0 saturated carbocycles. The van der Waals surface area contributed by atoms with Gasteiger partial charge in [0.15, 0.2) is 6.61 Å². The first-order valence-electron chi connectivity index (χ1n) is 9.74. The van der Waals surface area contributed by atoms with Gasteiger partial charge < -0.3 is 29.6 Å². The Kier molecular flexibility index (Phi) is 7.59. The van der Waals surface area contributed by atoms with Crippen LogP contribution in [0.5, 0.6) is 17.2 Å². The topological polar surface area (TPSA) is 100 Å². The maximum Gasteiger partial charge on any atom is 0.260 e. The van der Waals surface area contributed by atoms with Gasteiger partial charge in [-0.25, -0.2) is 0 Å². The van der Waals surface area contributed by atoms with E-state index in [1.807, 2.05) is 0 Å². The molecule has 0 unspecified atom stereocenters. The molecule has 3 rings (SSSR count). The number of morpholine rings is 1. The molecule has 166 valence electrons. The van der Waals surface area contributed by atoms with E-state index in [2.05, 4.69) is 0 Å². The van der Waals surface area contributed by atoms with Crippen LogP contribution < -0.4 is 19.9 Å². The maximum atomic E-state index is 12.8. The number of nitrogens with two attached hydrogens (primary N) is 1. The number of carbonyl (C=O) groups excluding carboxylic acids is 2. The number of carbonyl (C=O) groups is 2. The fourth-order valence-electron chi connectivity index (χ4n) is 3.29. The summed E-state index contributed by atoms with van der Waals surface area (Å²) in [6.07, 6.45) is -0.0822. The van der Waals surface area contributed by atoms with Crippen molar-refractivity contribution in [2.75, 3.05) is 40.0 Å². The molecule has 1 heterocycles. The minimum atomic E-state index is -1.05. The van der Waals surface area contributed by atoms with E-state index in [1.165, 1.54) is 0 Å². The summed E-state index contributed by atoms with van der Waals surface area (Å²) in [4.78, 5) is 26.1. The number of nitrogens with zero attached hydrogens (tertiary/aromatic N) is 1. The Balaban J connectivity index is 1.63. The normalized spacial score (nSPS) is 18.3. The highest BCUT2D eigenvalue weighted by Gasteiger charge is 2.41. The summed E-state index contributed by atoms with van der Waals surface area (Å²) in [5, 5.41) is 0.584. The third-order valence-corrected chi connectivity index (χ3v) is 5.07. The second kappa shape index (κ2) is 10.4. The van der Waals surface area contributed by atoms with Crippen LogP contribution >= 0.6 is 11.6 Å². The quantitative estimate of drug-likeness (QED) is 0.631. The van der Waals surface area contributed by atoms with Crippen LogP contribution in [0.4, 0.5) is 0 Å². The summed E-state index contributed by atoms with van der Waals surface area (Å²) in [6.45, 7) is 0.684. The number of halogens is 1. The van der Waals surface area contributed by atoms with Gasteiger partial charge in [-0.15, -0.1) is 0 Å². The van der Waals surface area contributed by atoms with E-state index < -0.39 is 11.5 Å². The Bertz CT molecular complexity index is 907. The summed E-state index contributed by atoms with van der Waals surface area (Å²) >= 11 is 5.90. The van der Waals surface area contributed by atoms with E-state index in [1.54, 1.807) is 60.5 Å². The molecule has 2 amide bonds. The number of hydrogen-bond donors (Lipinski definition) is 1. The van der Waals surface area contributed by atoms with Crippen molar-refractivity contribution < 1.29 is 28.5 Å². The molecule has 1 saturated heterocycles. The van der Waals surface area contributed by atoms with Crippen molar-refractivity contribution in [2.45, 2.75) is 12.0 Å². The van der Waals surface area contributed by atoms with E-state index in [9.17, 15) is 9.59 Å². The van der Waals surface area contributed by atoms with E-state index in [-0.39, 0.29) is 38.7 Å². The van der Waals surface area contributed by atoms with Gasteiger partial charge in [-0.1, -0.05) is 17.7 Å². The Labute approximate surface area is 185 Å². The number of ether oxygens (including phenoxy) is 4. The fraction of sp³-hybridized carbons (Fsp3) is 0.364. The predicted octanol–water partition coefficient (Wildman–Crippen LogP) is 2.28. The standard InChI is InChI=1S/C22H25ClN2O6/c1-28-18-3-2-4-19(11-18)29-13-21(27)25-9-10-31-22(14-25,12-20(24)26)15-30-17-7-5-16(23)6-8-17/h2-8,11H,9-10,12-15H2,1H3,(H2,24,26)/t22-/m0/s1. The summed E-state index contributed by atoms with van der Waals surface area (Å²) in [7, 11) is 1.56. The lowest BCUT2D eigenvalue weighted by atomic mass is 9.97. The minimum Gasteiger partial charge on any atom is -0.497 e. The van der Waals surface area contributed by atoms with Crippen LogP contribution in [0.25, 0.3) is 0 Å². The molecule has 0 aliphatic carbocycles. The molecule has 2 N–H and O–H groups in total. The minimum absolute atomic E-state index is 0.0537. The van der Waals surface area contributed by atoms with Gasteiger partial charge in [-0.2, -0.15) is 0 Å². The van der Waals surface area contributed by atoms with Gasteiger partial charge in [-0.3, -0.25) is 9.59 Å².